The zero-order valence-electron chi connectivity index (χ0n) is 10.2. The van der Waals surface area contributed by atoms with Gasteiger partial charge in [-0.3, -0.25) is 0 Å². The van der Waals surface area contributed by atoms with Crippen LogP contribution in [0.4, 0.5) is 13.2 Å². The van der Waals surface area contributed by atoms with Crippen molar-refractivity contribution in [2.24, 2.45) is 0 Å². The van der Waals surface area contributed by atoms with Crippen LogP contribution in [0.5, 0.6) is 0 Å². The summed E-state index contributed by atoms with van der Waals surface area (Å²) in [4.78, 5) is 4.08. The lowest BCUT2D eigenvalue weighted by molar-refractivity contribution is -0.137. The Morgan fingerprint density at radius 2 is 2.10 bits per heavy atom. The SMILES string of the molecule is FC(F)(F)c1cccc(-n2nnnc2Sc2nccs2)c1. The van der Waals surface area contributed by atoms with E-state index < -0.39 is 11.7 Å². The average Bonchev–Trinajstić information content (AvgIpc) is 3.10. The Hall–Kier alpha value is -1.94. The number of thiazole rings is 1. The lowest BCUT2D eigenvalue weighted by Gasteiger charge is -2.08. The van der Waals surface area contributed by atoms with E-state index in [0.717, 1.165) is 12.1 Å². The fourth-order valence-electron chi connectivity index (χ4n) is 1.56. The smallest absolute Gasteiger partial charge is 0.238 e. The van der Waals surface area contributed by atoms with Gasteiger partial charge in [-0.25, -0.2) is 4.98 Å². The molecule has 0 amide bonds. The number of halogens is 3. The van der Waals surface area contributed by atoms with E-state index in [9.17, 15) is 13.2 Å². The molecule has 3 rings (SSSR count). The predicted molar refractivity (Wildman–Crippen MR) is 70.4 cm³/mol. The zero-order valence-corrected chi connectivity index (χ0v) is 11.8. The summed E-state index contributed by atoms with van der Waals surface area (Å²) in [6.07, 6.45) is -2.78. The second-order valence-electron chi connectivity index (χ2n) is 3.82. The molecule has 5 nitrogen and oxygen atoms in total. The monoisotopic (exact) mass is 329 g/mol. The van der Waals surface area contributed by atoms with Crippen LogP contribution in [0, 0.1) is 0 Å². The number of tetrazole rings is 1. The largest absolute Gasteiger partial charge is 0.416 e. The van der Waals surface area contributed by atoms with Gasteiger partial charge in [0.25, 0.3) is 0 Å². The Balaban J connectivity index is 1.96. The van der Waals surface area contributed by atoms with Crippen LogP contribution in [0.2, 0.25) is 0 Å². The van der Waals surface area contributed by atoms with Crippen LogP contribution in [0.1, 0.15) is 5.56 Å². The minimum absolute atomic E-state index is 0.244. The standard InChI is InChI=1S/C11H6F3N5S2/c12-11(13,14)7-2-1-3-8(6-7)19-9(16-17-18-19)21-10-15-4-5-20-10/h1-6H. The summed E-state index contributed by atoms with van der Waals surface area (Å²) < 4.78 is 40.2. The van der Waals surface area contributed by atoms with Crippen molar-refractivity contribution in [1.82, 2.24) is 25.2 Å². The number of hydrogen-bond donors (Lipinski definition) is 0. The van der Waals surface area contributed by atoms with Crippen LogP contribution in [0.15, 0.2) is 45.3 Å². The van der Waals surface area contributed by atoms with Gasteiger partial charge in [0.1, 0.15) is 0 Å². The minimum Gasteiger partial charge on any atom is -0.238 e. The first-order valence-corrected chi connectivity index (χ1v) is 7.27. The molecule has 10 heteroatoms. The Morgan fingerprint density at radius 3 is 2.81 bits per heavy atom. The van der Waals surface area contributed by atoms with Gasteiger partial charge < -0.3 is 0 Å². The molecule has 0 radical (unpaired) electrons. The molecule has 0 N–H and O–H groups in total. The molecule has 1 aromatic carbocycles. The second kappa shape index (κ2) is 5.45. The maximum absolute atomic E-state index is 12.7. The maximum Gasteiger partial charge on any atom is 0.416 e. The van der Waals surface area contributed by atoms with Crippen molar-refractivity contribution in [2.45, 2.75) is 15.7 Å². The van der Waals surface area contributed by atoms with Crippen molar-refractivity contribution >= 4 is 23.1 Å². The number of rotatable bonds is 3. The Labute approximate surface area is 124 Å². The first kappa shape index (κ1) is 14.0. The molecule has 0 saturated heterocycles. The Bertz CT molecular complexity index is 738. The predicted octanol–water partition coefficient (Wildman–Crippen LogP) is 3.29. The first-order valence-electron chi connectivity index (χ1n) is 5.57. The molecular weight excluding hydrogens is 323 g/mol. The molecule has 3 aromatic rings. The van der Waals surface area contributed by atoms with Gasteiger partial charge >= 0.3 is 6.18 Å². The van der Waals surface area contributed by atoms with Gasteiger partial charge in [0.15, 0.2) is 4.34 Å². The topological polar surface area (TPSA) is 56.5 Å². The van der Waals surface area contributed by atoms with Gasteiger partial charge in [0, 0.05) is 11.6 Å². The second-order valence-corrected chi connectivity index (χ2v) is 5.93. The first-order chi connectivity index (χ1) is 10.0. The third-order valence-electron chi connectivity index (χ3n) is 2.45. The zero-order chi connectivity index (χ0) is 14.9. The van der Waals surface area contributed by atoms with E-state index in [4.69, 9.17) is 0 Å². The van der Waals surface area contributed by atoms with Crippen LogP contribution in [0.3, 0.4) is 0 Å². The molecule has 0 aliphatic carbocycles. The van der Waals surface area contributed by atoms with E-state index >= 15 is 0 Å². The van der Waals surface area contributed by atoms with Crippen LogP contribution in [0.25, 0.3) is 5.69 Å². The fraction of sp³-hybridized carbons (Fsp3) is 0.0909. The molecule has 0 fully saturated rings. The number of alkyl halides is 3. The van der Waals surface area contributed by atoms with Gasteiger partial charge in [0.05, 0.1) is 11.3 Å². The summed E-state index contributed by atoms with van der Waals surface area (Å²) in [6.45, 7) is 0. The third kappa shape index (κ3) is 3.05. The van der Waals surface area contributed by atoms with Gasteiger partial charge in [0.2, 0.25) is 5.16 Å². The molecule has 0 aliphatic rings. The van der Waals surface area contributed by atoms with Gasteiger partial charge in [-0.2, -0.15) is 17.9 Å². The van der Waals surface area contributed by atoms with Crippen LogP contribution >= 0.6 is 23.1 Å². The van der Waals surface area contributed by atoms with E-state index in [0.29, 0.717) is 9.50 Å². The van der Waals surface area contributed by atoms with Gasteiger partial charge in [-0.05, 0) is 40.4 Å². The summed E-state index contributed by atoms with van der Waals surface area (Å²) in [6, 6.07) is 4.83. The minimum atomic E-state index is -4.41. The average molecular weight is 329 g/mol. The molecular formula is C11H6F3N5S2. The van der Waals surface area contributed by atoms with E-state index in [-0.39, 0.29) is 5.69 Å². The number of benzene rings is 1. The van der Waals surface area contributed by atoms with Crippen molar-refractivity contribution in [3.05, 3.63) is 41.4 Å². The van der Waals surface area contributed by atoms with Crippen LogP contribution < -0.4 is 0 Å². The molecule has 108 valence electrons. The lowest BCUT2D eigenvalue weighted by Crippen LogP contribution is -2.07. The number of hydrogen-bond acceptors (Lipinski definition) is 6. The highest BCUT2D eigenvalue weighted by atomic mass is 32.2. The van der Waals surface area contributed by atoms with Crippen LogP contribution in [-0.4, -0.2) is 25.2 Å². The fourth-order valence-corrected chi connectivity index (χ4v) is 3.08. The molecule has 0 aliphatic heterocycles. The van der Waals surface area contributed by atoms with Gasteiger partial charge in [-0.15, -0.1) is 16.4 Å². The number of nitrogens with zero attached hydrogens (tertiary/aromatic N) is 5. The molecule has 2 heterocycles. The van der Waals surface area contributed by atoms with Crippen molar-refractivity contribution in [3.8, 4) is 5.69 Å². The molecule has 0 atom stereocenters. The highest BCUT2D eigenvalue weighted by Gasteiger charge is 2.30. The van der Waals surface area contributed by atoms with Crippen molar-refractivity contribution in [2.75, 3.05) is 0 Å². The van der Waals surface area contributed by atoms with E-state index in [1.165, 1.54) is 39.9 Å². The normalized spacial score (nSPS) is 11.8. The van der Waals surface area contributed by atoms with E-state index in [2.05, 4.69) is 20.5 Å². The van der Waals surface area contributed by atoms with Crippen LogP contribution in [-0.2, 0) is 6.18 Å². The quantitative estimate of drug-likeness (QED) is 0.738. The molecule has 0 unspecified atom stereocenters. The molecule has 0 saturated carbocycles. The molecule has 0 bridgehead atoms. The third-order valence-corrected chi connectivity index (χ3v) is 4.27. The lowest BCUT2D eigenvalue weighted by atomic mass is 10.2. The molecule has 0 spiro atoms. The van der Waals surface area contributed by atoms with Crippen molar-refractivity contribution in [3.63, 3.8) is 0 Å². The molecule has 2 aromatic heterocycles. The summed E-state index contributed by atoms with van der Waals surface area (Å²) in [5.74, 6) is 0. The van der Waals surface area contributed by atoms with Crippen molar-refractivity contribution in [1.29, 1.82) is 0 Å². The molecule has 21 heavy (non-hydrogen) atoms. The number of aromatic nitrogens is 5. The van der Waals surface area contributed by atoms with Gasteiger partial charge in [-0.1, -0.05) is 6.07 Å². The summed E-state index contributed by atoms with van der Waals surface area (Å²) >= 11 is 2.58. The van der Waals surface area contributed by atoms with E-state index in [1.54, 1.807) is 11.6 Å². The highest BCUT2D eigenvalue weighted by molar-refractivity contribution is 8.00. The summed E-state index contributed by atoms with van der Waals surface area (Å²) in [5, 5.41) is 13.2. The van der Waals surface area contributed by atoms with E-state index in [1.807, 2.05) is 0 Å². The summed E-state index contributed by atoms with van der Waals surface area (Å²) in [5.41, 5.74) is -0.505. The van der Waals surface area contributed by atoms with Crippen molar-refractivity contribution < 1.29 is 13.2 Å². The Morgan fingerprint density at radius 1 is 1.24 bits per heavy atom. The maximum atomic E-state index is 12.7. The summed E-state index contributed by atoms with van der Waals surface area (Å²) in [7, 11) is 0. The highest BCUT2D eigenvalue weighted by Crippen LogP contribution is 2.32. The Kier molecular flexibility index (Phi) is 3.64.